The van der Waals surface area contributed by atoms with E-state index >= 15 is 0 Å². The second kappa shape index (κ2) is 6.88. The Kier molecular flexibility index (Phi) is 4.81. The number of aryl methyl sites for hydroxylation is 1. The lowest BCUT2D eigenvalue weighted by Gasteiger charge is -2.22. The van der Waals surface area contributed by atoms with Gasteiger partial charge in [-0.05, 0) is 48.7 Å². The second-order valence-corrected chi connectivity index (χ2v) is 7.66. The number of para-hydroxylation sites is 2. The molecule has 1 heterocycles. The number of ether oxygens (including phenoxy) is 1. The van der Waals surface area contributed by atoms with Crippen molar-refractivity contribution in [1.82, 2.24) is 9.97 Å². The molecule has 0 aliphatic carbocycles. The van der Waals surface area contributed by atoms with Crippen LogP contribution in [0.4, 0.5) is 5.69 Å². The minimum atomic E-state index is -1.27. The number of hydrogen-bond acceptors (Lipinski definition) is 4. The van der Waals surface area contributed by atoms with Crippen molar-refractivity contribution in [1.29, 1.82) is 0 Å². The number of methoxy groups -OCH3 is 1. The SMILES string of the molecule is COc1c(C)cc(N(C)C)c(CS(=O)c2nc3ccccc3[nH]2)c1C. The number of rotatable bonds is 5. The first kappa shape index (κ1) is 17.5. The molecule has 1 atom stereocenters. The first-order chi connectivity index (χ1) is 11.9. The fourth-order valence-corrected chi connectivity index (χ4v) is 4.30. The minimum Gasteiger partial charge on any atom is -0.496 e. The highest BCUT2D eigenvalue weighted by molar-refractivity contribution is 7.84. The fraction of sp³-hybridized carbons (Fsp3) is 0.316. The van der Waals surface area contributed by atoms with Crippen LogP contribution in [0.25, 0.3) is 11.0 Å². The zero-order valence-electron chi connectivity index (χ0n) is 15.2. The van der Waals surface area contributed by atoms with E-state index in [1.54, 1.807) is 7.11 Å². The number of imidazole rings is 1. The summed E-state index contributed by atoms with van der Waals surface area (Å²) in [6.45, 7) is 4.04. The summed E-state index contributed by atoms with van der Waals surface area (Å²) in [5, 5.41) is 0.504. The number of nitrogens with one attached hydrogen (secondary N) is 1. The molecule has 5 nitrogen and oxygen atoms in total. The van der Waals surface area contributed by atoms with Gasteiger partial charge in [0.2, 0.25) is 0 Å². The summed E-state index contributed by atoms with van der Waals surface area (Å²) >= 11 is 0. The van der Waals surface area contributed by atoms with Gasteiger partial charge in [0.25, 0.3) is 0 Å². The molecule has 0 spiro atoms. The molecule has 0 radical (unpaired) electrons. The Bertz CT molecular complexity index is 914. The molecule has 0 fully saturated rings. The van der Waals surface area contributed by atoms with Gasteiger partial charge in [-0.1, -0.05) is 12.1 Å². The van der Waals surface area contributed by atoms with Gasteiger partial charge >= 0.3 is 0 Å². The molecule has 2 aromatic carbocycles. The second-order valence-electron chi connectivity index (χ2n) is 6.29. The molecular formula is C19H23N3O2S. The lowest BCUT2D eigenvalue weighted by Crippen LogP contribution is -2.14. The van der Waals surface area contributed by atoms with Gasteiger partial charge in [0.1, 0.15) is 5.75 Å². The van der Waals surface area contributed by atoms with Gasteiger partial charge < -0.3 is 14.6 Å². The molecule has 0 saturated heterocycles. The Morgan fingerprint density at radius 3 is 2.60 bits per heavy atom. The zero-order chi connectivity index (χ0) is 18.1. The van der Waals surface area contributed by atoms with Crippen LogP contribution in [0.15, 0.2) is 35.5 Å². The Hall–Kier alpha value is -2.34. The maximum Gasteiger partial charge on any atom is 0.197 e. The summed E-state index contributed by atoms with van der Waals surface area (Å²) in [4.78, 5) is 9.69. The molecule has 0 bridgehead atoms. The van der Waals surface area contributed by atoms with Gasteiger partial charge in [-0.15, -0.1) is 0 Å². The third kappa shape index (κ3) is 3.26. The maximum absolute atomic E-state index is 13.0. The molecule has 0 aliphatic rings. The van der Waals surface area contributed by atoms with Crippen LogP contribution < -0.4 is 9.64 Å². The molecule has 6 heteroatoms. The Labute approximate surface area is 150 Å². The van der Waals surface area contributed by atoms with Crippen molar-refractivity contribution >= 4 is 27.5 Å². The highest BCUT2D eigenvalue weighted by Gasteiger charge is 2.19. The average Bonchev–Trinajstić information content (AvgIpc) is 3.01. The molecule has 3 rings (SSSR count). The van der Waals surface area contributed by atoms with Crippen LogP contribution in [0.5, 0.6) is 5.75 Å². The number of hydrogen-bond donors (Lipinski definition) is 1. The number of aromatic amines is 1. The van der Waals surface area contributed by atoms with Crippen molar-refractivity contribution in [3.63, 3.8) is 0 Å². The average molecular weight is 357 g/mol. The van der Waals surface area contributed by atoms with Gasteiger partial charge in [0.15, 0.2) is 5.16 Å². The third-order valence-electron chi connectivity index (χ3n) is 4.36. The molecule has 1 N–H and O–H groups in total. The van der Waals surface area contributed by atoms with E-state index in [4.69, 9.17) is 4.74 Å². The van der Waals surface area contributed by atoms with Gasteiger partial charge in [0, 0.05) is 19.8 Å². The molecule has 25 heavy (non-hydrogen) atoms. The van der Waals surface area contributed by atoms with Crippen LogP contribution in [0.1, 0.15) is 16.7 Å². The summed E-state index contributed by atoms with van der Waals surface area (Å²) in [5.41, 5.74) is 5.90. The number of fused-ring (bicyclic) bond motifs is 1. The Morgan fingerprint density at radius 2 is 1.96 bits per heavy atom. The van der Waals surface area contributed by atoms with E-state index in [1.165, 1.54) is 0 Å². The van der Waals surface area contributed by atoms with Gasteiger partial charge in [-0.3, -0.25) is 4.21 Å². The van der Waals surface area contributed by atoms with Gasteiger partial charge in [-0.25, -0.2) is 4.98 Å². The molecule has 3 aromatic rings. The van der Waals surface area contributed by atoms with Crippen molar-refractivity contribution in [2.45, 2.75) is 24.8 Å². The summed E-state index contributed by atoms with van der Waals surface area (Å²) in [5.74, 6) is 1.23. The number of H-pyrrole nitrogens is 1. The summed E-state index contributed by atoms with van der Waals surface area (Å²) in [6.07, 6.45) is 0. The zero-order valence-corrected chi connectivity index (χ0v) is 16.0. The molecule has 0 aliphatic heterocycles. The quantitative estimate of drug-likeness (QED) is 0.758. The number of nitrogens with zero attached hydrogens (tertiary/aromatic N) is 2. The predicted molar refractivity (Wildman–Crippen MR) is 103 cm³/mol. The van der Waals surface area contributed by atoms with E-state index in [1.807, 2.05) is 57.1 Å². The predicted octanol–water partition coefficient (Wildman–Crippen LogP) is 3.56. The van der Waals surface area contributed by atoms with E-state index in [-0.39, 0.29) is 0 Å². The highest BCUT2D eigenvalue weighted by Crippen LogP contribution is 2.34. The summed E-state index contributed by atoms with van der Waals surface area (Å²) < 4.78 is 18.5. The van der Waals surface area contributed by atoms with E-state index < -0.39 is 10.8 Å². The Morgan fingerprint density at radius 1 is 1.24 bits per heavy atom. The molecule has 1 unspecified atom stereocenters. The topological polar surface area (TPSA) is 58.2 Å². The first-order valence-electron chi connectivity index (χ1n) is 8.10. The third-order valence-corrected chi connectivity index (χ3v) is 5.53. The summed E-state index contributed by atoms with van der Waals surface area (Å²) in [7, 11) is 4.39. The van der Waals surface area contributed by atoms with Crippen LogP contribution in [-0.2, 0) is 16.6 Å². The molecule has 1 aromatic heterocycles. The molecule has 132 valence electrons. The van der Waals surface area contributed by atoms with Crippen molar-refractivity contribution in [2.75, 3.05) is 26.1 Å². The van der Waals surface area contributed by atoms with E-state index in [9.17, 15) is 4.21 Å². The van der Waals surface area contributed by atoms with Crippen molar-refractivity contribution < 1.29 is 8.95 Å². The highest BCUT2D eigenvalue weighted by atomic mass is 32.2. The number of aromatic nitrogens is 2. The van der Waals surface area contributed by atoms with Gasteiger partial charge in [-0.2, -0.15) is 0 Å². The Balaban J connectivity index is 2.02. The minimum absolute atomic E-state index is 0.385. The van der Waals surface area contributed by atoms with Crippen molar-refractivity contribution in [3.05, 3.63) is 47.0 Å². The molecule has 0 saturated carbocycles. The van der Waals surface area contributed by atoms with Crippen LogP contribution in [0, 0.1) is 13.8 Å². The van der Waals surface area contributed by atoms with Gasteiger partial charge in [0.05, 0.1) is 34.7 Å². The van der Waals surface area contributed by atoms with E-state index in [0.717, 1.165) is 39.2 Å². The van der Waals surface area contributed by atoms with Crippen LogP contribution in [0.3, 0.4) is 0 Å². The normalized spacial score (nSPS) is 12.4. The molecule has 0 amide bonds. The number of benzene rings is 2. The first-order valence-corrected chi connectivity index (χ1v) is 9.41. The smallest absolute Gasteiger partial charge is 0.197 e. The van der Waals surface area contributed by atoms with Crippen molar-refractivity contribution in [3.8, 4) is 5.75 Å². The lowest BCUT2D eigenvalue weighted by molar-refractivity contribution is 0.408. The monoisotopic (exact) mass is 357 g/mol. The van der Waals surface area contributed by atoms with E-state index in [0.29, 0.717) is 10.9 Å². The van der Waals surface area contributed by atoms with Crippen LogP contribution in [0.2, 0.25) is 0 Å². The maximum atomic E-state index is 13.0. The molecular weight excluding hydrogens is 334 g/mol. The van der Waals surface area contributed by atoms with Crippen molar-refractivity contribution in [2.24, 2.45) is 0 Å². The van der Waals surface area contributed by atoms with Crippen LogP contribution in [-0.4, -0.2) is 35.4 Å². The van der Waals surface area contributed by atoms with E-state index in [2.05, 4.69) is 16.0 Å². The fourth-order valence-electron chi connectivity index (χ4n) is 3.11. The van der Waals surface area contributed by atoms with Crippen LogP contribution >= 0.6 is 0 Å². The lowest BCUT2D eigenvalue weighted by atomic mass is 10.0. The standard InChI is InChI=1S/C19H23N3O2S/c1-12-10-17(22(3)4)14(13(2)18(12)24-5)11-25(23)19-20-15-8-6-7-9-16(15)21-19/h6-10H,11H2,1-5H3,(H,20,21). The number of anilines is 1. The largest absolute Gasteiger partial charge is 0.496 e. The summed E-state index contributed by atoms with van der Waals surface area (Å²) in [6, 6.07) is 9.80.